The van der Waals surface area contributed by atoms with Gasteiger partial charge in [-0.05, 0) is 16.2 Å². The van der Waals surface area contributed by atoms with Crippen LogP contribution < -0.4 is 0 Å². The fourth-order valence-electron chi connectivity index (χ4n) is 2.65. The summed E-state index contributed by atoms with van der Waals surface area (Å²) in [5, 5.41) is 0.448. The van der Waals surface area contributed by atoms with E-state index >= 15 is 0 Å². The Morgan fingerprint density at radius 2 is 1.60 bits per heavy atom. The van der Waals surface area contributed by atoms with Gasteiger partial charge in [0, 0.05) is 6.04 Å². The molecular formula is C12H24O2Si. The Labute approximate surface area is 94.8 Å². The lowest BCUT2D eigenvalue weighted by Gasteiger charge is -2.47. The van der Waals surface area contributed by atoms with Gasteiger partial charge in [-0.15, -0.1) is 0 Å². The monoisotopic (exact) mass is 228 g/mol. The van der Waals surface area contributed by atoms with E-state index in [1.165, 1.54) is 0 Å². The molecule has 1 rings (SSSR count). The molecule has 0 fully saturated rings. The van der Waals surface area contributed by atoms with Crippen molar-refractivity contribution in [2.24, 2.45) is 0 Å². The van der Waals surface area contributed by atoms with E-state index in [4.69, 9.17) is 9.16 Å². The molecular weight excluding hydrogens is 204 g/mol. The van der Waals surface area contributed by atoms with Crippen LogP contribution in [-0.4, -0.2) is 15.4 Å². The molecule has 0 aromatic carbocycles. The highest BCUT2D eigenvalue weighted by Crippen LogP contribution is 2.56. The van der Waals surface area contributed by atoms with Gasteiger partial charge in [0.2, 0.25) is 0 Å². The minimum absolute atomic E-state index is 0.224. The molecule has 0 aromatic rings. The Balaban J connectivity index is 3.05. The first kappa shape index (κ1) is 12.6. The Kier molecular flexibility index (Phi) is 2.98. The summed E-state index contributed by atoms with van der Waals surface area (Å²) in [4.78, 5) is 0. The molecule has 0 N–H and O–H groups in total. The molecule has 1 aliphatic heterocycles. The van der Waals surface area contributed by atoms with Crippen molar-refractivity contribution < 1.29 is 9.16 Å². The molecule has 0 aromatic heterocycles. The van der Waals surface area contributed by atoms with Crippen molar-refractivity contribution in [3.8, 4) is 0 Å². The van der Waals surface area contributed by atoms with Crippen LogP contribution in [0.3, 0.4) is 0 Å². The van der Waals surface area contributed by atoms with Crippen LogP contribution in [0, 0.1) is 0 Å². The molecule has 1 heterocycles. The molecule has 0 amide bonds. The number of hydrogen-bond acceptors (Lipinski definition) is 2. The van der Waals surface area contributed by atoms with E-state index in [9.17, 15) is 0 Å². The van der Waals surface area contributed by atoms with Crippen LogP contribution in [0.2, 0.25) is 16.1 Å². The van der Waals surface area contributed by atoms with Gasteiger partial charge in [0.05, 0.1) is 7.11 Å². The van der Waals surface area contributed by atoms with E-state index in [0.717, 1.165) is 12.0 Å². The summed E-state index contributed by atoms with van der Waals surface area (Å²) in [6.45, 7) is 13.7. The summed E-state index contributed by atoms with van der Waals surface area (Å²) < 4.78 is 11.4. The third-order valence-corrected chi connectivity index (χ3v) is 9.63. The zero-order chi connectivity index (χ0) is 11.9. The summed E-state index contributed by atoms with van der Waals surface area (Å²) >= 11 is 0. The van der Waals surface area contributed by atoms with Gasteiger partial charge >= 0.3 is 0 Å². The Bertz CT molecular complexity index is 254. The zero-order valence-corrected chi connectivity index (χ0v) is 12.1. The number of rotatable bonds is 1. The maximum atomic E-state index is 6.20. The Hall–Kier alpha value is -0.443. The molecule has 0 saturated heterocycles. The zero-order valence-electron chi connectivity index (χ0n) is 11.1. The third kappa shape index (κ3) is 1.94. The molecule has 3 heteroatoms. The lowest BCUT2D eigenvalue weighted by Crippen LogP contribution is -2.52. The highest BCUT2D eigenvalue weighted by molar-refractivity contribution is 6.80. The van der Waals surface area contributed by atoms with E-state index in [0.29, 0.717) is 0 Å². The molecule has 2 nitrogen and oxygen atoms in total. The van der Waals surface area contributed by atoms with Crippen LogP contribution in [0.1, 0.15) is 41.5 Å². The highest BCUT2D eigenvalue weighted by atomic mass is 28.4. The van der Waals surface area contributed by atoms with Crippen molar-refractivity contribution in [3.63, 3.8) is 0 Å². The maximum Gasteiger partial charge on any atom is 0.269 e. The highest BCUT2D eigenvalue weighted by Gasteiger charge is 2.58. The van der Waals surface area contributed by atoms with Crippen molar-refractivity contribution in [3.05, 3.63) is 12.0 Å². The van der Waals surface area contributed by atoms with Gasteiger partial charge in [-0.1, -0.05) is 41.5 Å². The smallest absolute Gasteiger partial charge is 0.269 e. The van der Waals surface area contributed by atoms with Crippen molar-refractivity contribution >= 4 is 8.32 Å². The second-order valence-electron chi connectivity index (χ2n) is 6.36. The predicted molar refractivity (Wildman–Crippen MR) is 66.2 cm³/mol. The van der Waals surface area contributed by atoms with E-state index < -0.39 is 8.32 Å². The van der Waals surface area contributed by atoms with Crippen molar-refractivity contribution in [2.45, 2.75) is 57.7 Å². The van der Waals surface area contributed by atoms with Crippen LogP contribution >= 0.6 is 0 Å². The standard InChI is InChI=1S/C12H24O2Si/c1-11(2,3)15(12(4,5)6)9-8-10(13-7)14-15/h8H,9H2,1-7H3. The summed E-state index contributed by atoms with van der Waals surface area (Å²) in [5.74, 6) is 0.728. The molecule has 0 spiro atoms. The fourth-order valence-corrected chi connectivity index (χ4v) is 7.79. The second kappa shape index (κ2) is 3.54. The maximum absolute atomic E-state index is 6.20. The van der Waals surface area contributed by atoms with E-state index in [-0.39, 0.29) is 10.1 Å². The first-order valence-electron chi connectivity index (χ1n) is 5.57. The molecule has 88 valence electrons. The number of hydrogen-bond donors (Lipinski definition) is 0. The van der Waals surface area contributed by atoms with E-state index in [1.807, 2.05) is 0 Å². The van der Waals surface area contributed by atoms with Gasteiger partial charge in [-0.2, -0.15) is 0 Å². The number of allylic oxidation sites excluding steroid dienone is 1. The van der Waals surface area contributed by atoms with Gasteiger partial charge < -0.3 is 9.16 Å². The summed E-state index contributed by atoms with van der Waals surface area (Å²) in [5.41, 5.74) is 0. The lowest BCUT2D eigenvalue weighted by molar-refractivity contribution is 0.141. The summed E-state index contributed by atoms with van der Waals surface area (Å²) in [6.07, 6.45) is 2.11. The Morgan fingerprint density at radius 3 is 1.80 bits per heavy atom. The van der Waals surface area contributed by atoms with E-state index in [1.54, 1.807) is 7.11 Å². The fraction of sp³-hybridized carbons (Fsp3) is 0.833. The van der Waals surface area contributed by atoms with Crippen LogP contribution in [-0.2, 0) is 9.16 Å². The summed E-state index contributed by atoms with van der Waals surface area (Å²) in [6, 6.07) is 1.06. The van der Waals surface area contributed by atoms with Crippen molar-refractivity contribution in [1.82, 2.24) is 0 Å². The first-order chi connectivity index (χ1) is 6.64. The number of methoxy groups -OCH3 is 1. The largest absolute Gasteiger partial charge is 0.518 e. The molecule has 0 bridgehead atoms. The van der Waals surface area contributed by atoms with Crippen LogP contribution in [0.15, 0.2) is 12.0 Å². The summed E-state index contributed by atoms with van der Waals surface area (Å²) in [7, 11) is -0.155. The predicted octanol–water partition coefficient (Wildman–Crippen LogP) is 4.05. The van der Waals surface area contributed by atoms with E-state index in [2.05, 4.69) is 47.6 Å². The van der Waals surface area contributed by atoms with Gasteiger partial charge in [0.15, 0.2) is 0 Å². The molecule has 0 atom stereocenters. The third-order valence-electron chi connectivity index (χ3n) is 3.46. The average Bonchev–Trinajstić information content (AvgIpc) is 2.45. The van der Waals surface area contributed by atoms with Crippen molar-refractivity contribution in [1.29, 1.82) is 0 Å². The normalized spacial score (nSPS) is 20.9. The minimum atomic E-state index is -1.84. The SMILES string of the molecule is COC1=CC[Si](C(C)(C)C)(C(C)(C)C)O1. The average molecular weight is 228 g/mol. The molecule has 0 aliphatic carbocycles. The minimum Gasteiger partial charge on any atom is -0.518 e. The number of ether oxygens (including phenoxy) is 1. The van der Waals surface area contributed by atoms with Gasteiger partial charge in [0.25, 0.3) is 14.3 Å². The van der Waals surface area contributed by atoms with Crippen LogP contribution in [0.5, 0.6) is 0 Å². The Morgan fingerprint density at radius 1 is 1.13 bits per heavy atom. The quantitative estimate of drug-likeness (QED) is 0.630. The van der Waals surface area contributed by atoms with Gasteiger partial charge in [-0.3, -0.25) is 0 Å². The molecule has 0 unspecified atom stereocenters. The molecule has 15 heavy (non-hydrogen) atoms. The molecule has 0 radical (unpaired) electrons. The topological polar surface area (TPSA) is 18.5 Å². The van der Waals surface area contributed by atoms with Crippen molar-refractivity contribution in [2.75, 3.05) is 7.11 Å². The van der Waals surface area contributed by atoms with Gasteiger partial charge in [0.1, 0.15) is 0 Å². The second-order valence-corrected chi connectivity index (χ2v) is 11.6. The van der Waals surface area contributed by atoms with Gasteiger partial charge in [-0.25, -0.2) is 0 Å². The van der Waals surface area contributed by atoms with Crippen LogP contribution in [0.4, 0.5) is 0 Å². The first-order valence-corrected chi connectivity index (χ1v) is 7.69. The lowest BCUT2D eigenvalue weighted by atomic mass is 10.2. The molecule has 0 saturated carbocycles. The van der Waals surface area contributed by atoms with Crippen LogP contribution in [0.25, 0.3) is 0 Å². The molecule has 1 aliphatic rings.